The van der Waals surface area contributed by atoms with Gasteiger partial charge in [-0.05, 0) is 30.9 Å². The van der Waals surface area contributed by atoms with Crippen LogP contribution in [0.15, 0.2) is 60.7 Å². The SMILES string of the molecule is O=C(CCN1CCCC(c2ccccc2)C1)c1ccccc1. The number of rotatable bonds is 5. The number of carbonyl (C=O) groups excluding carboxylic acids is 1. The topological polar surface area (TPSA) is 20.3 Å². The van der Waals surface area contributed by atoms with Crippen molar-refractivity contribution in [2.24, 2.45) is 0 Å². The van der Waals surface area contributed by atoms with E-state index in [0.717, 1.165) is 25.2 Å². The van der Waals surface area contributed by atoms with Gasteiger partial charge in [0.1, 0.15) is 0 Å². The first-order valence-electron chi connectivity index (χ1n) is 8.18. The molecule has 0 bridgehead atoms. The molecule has 0 N–H and O–H groups in total. The second kappa shape index (κ2) is 7.37. The molecule has 1 atom stereocenters. The average Bonchev–Trinajstić information content (AvgIpc) is 2.61. The van der Waals surface area contributed by atoms with Crippen molar-refractivity contribution in [3.63, 3.8) is 0 Å². The minimum atomic E-state index is 0.252. The van der Waals surface area contributed by atoms with E-state index in [9.17, 15) is 4.79 Å². The van der Waals surface area contributed by atoms with Gasteiger partial charge in [-0.25, -0.2) is 0 Å². The van der Waals surface area contributed by atoms with E-state index in [0.29, 0.717) is 12.3 Å². The molecule has 0 radical (unpaired) electrons. The quantitative estimate of drug-likeness (QED) is 0.772. The van der Waals surface area contributed by atoms with E-state index >= 15 is 0 Å². The number of hydrogen-bond donors (Lipinski definition) is 0. The van der Waals surface area contributed by atoms with Gasteiger partial charge < -0.3 is 4.90 Å². The van der Waals surface area contributed by atoms with Gasteiger partial charge in [0.25, 0.3) is 0 Å². The van der Waals surface area contributed by atoms with Gasteiger partial charge in [-0.3, -0.25) is 4.79 Å². The number of benzene rings is 2. The molecule has 114 valence electrons. The van der Waals surface area contributed by atoms with E-state index < -0.39 is 0 Å². The summed E-state index contributed by atoms with van der Waals surface area (Å²) < 4.78 is 0. The minimum Gasteiger partial charge on any atom is -0.302 e. The second-order valence-electron chi connectivity index (χ2n) is 6.09. The van der Waals surface area contributed by atoms with Gasteiger partial charge in [0.15, 0.2) is 5.78 Å². The fourth-order valence-electron chi connectivity index (χ4n) is 3.28. The number of ketones is 1. The molecule has 1 unspecified atom stereocenters. The summed E-state index contributed by atoms with van der Waals surface area (Å²) in [5.74, 6) is 0.865. The van der Waals surface area contributed by atoms with Crippen LogP contribution in [0.4, 0.5) is 0 Å². The number of piperidine rings is 1. The molecule has 2 aromatic carbocycles. The van der Waals surface area contributed by atoms with Crippen molar-refractivity contribution in [1.29, 1.82) is 0 Å². The van der Waals surface area contributed by atoms with Gasteiger partial charge in [-0.15, -0.1) is 0 Å². The molecule has 22 heavy (non-hydrogen) atoms. The van der Waals surface area contributed by atoms with E-state index in [1.165, 1.54) is 18.4 Å². The lowest BCUT2D eigenvalue weighted by molar-refractivity contribution is 0.0955. The first kappa shape index (κ1) is 15.0. The van der Waals surface area contributed by atoms with Crippen LogP contribution in [0.1, 0.15) is 41.1 Å². The van der Waals surface area contributed by atoms with Crippen LogP contribution in [0.25, 0.3) is 0 Å². The maximum Gasteiger partial charge on any atom is 0.164 e. The highest BCUT2D eigenvalue weighted by Crippen LogP contribution is 2.26. The number of nitrogens with zero attached hydrogens (tertiary/aromatic N) is 1. The van der Waals surface area contributed by atoms with Crippen LogP contribution in [0, 0.1) is 0 Å². The summed E-state index contributed by atoms with van der Waals surface area (Å²) in [4.78, 5) is 14.7. The molecular formula is C20H23NO. The fraction of sp³-hybridized carbons (Fsp3) is 0.350. The van der Waals surface area contributed by atoms with E-state index in [1.807, 2.05) is 30.3 Å². The predicted octanol–water partition coefficient (Wildman–Crippen LogP) is 4.14. The van der Waals surface area contributed by atoms with E-state index in [4.69, 9.17) is 0 Å². The van der Waals surface area contributed by atoms with Gasteiger partial charge >= 0.3 is 0 Å². The molecule has 1 fully saturated rings. The Balaban J connectivity index is 1.54. The normalized spacial score (nSPS) is 19.0. The lowest BCUT2D eigenvalue weighted by Crippen LogP contribution is -2.35. The summed E-state index contributed by atoms with van der Waals surface area (Å²) in [6.45, 7) is 3.06. The Kier molecular flexibility index (Phi) is 5.02. The van der Waals surface area contributed by atoms with Crippen LogP contribution in [0.5, 0.6) is 0 Å². The van der Waals surface area contributed by atoms with Crippen molar-refractivity contribution in [2.45, 2.75) is 25.2 Å². The zero-order valence-corrected chi connectivity index (χ0v) is 12.9. The Labute approximate surface area is 132 Å². The Morgan fingerprint density at radius 1 is 1.00 bits per heavy atom. The first-order valence-corrected chi connectivity index (χ1v) is 8.18. The summed E-state index contributed by atoms with van der Waals surface area (Å²) in [6.07, 6.45) is 3.09. The van der Waals surface area contributed by atoms with Gasteiger partial charge in [-0.2, -0.15) is 0 Å². The third-order valence-electron chi connectivity index (χ3n) is 4.53. The van der Waals surface area contributed by atoms with Gasteiger partial charge in [-0.1, -0.05) is 60.7 Å². The first-order chi connectivity index (χ1) is 10.8. The highest BCUT2D eigenvalue weighted by atomic mass is 16.1. The molecule has 2 heteroatoms. The molecule has 1 heterocycles. The van der Waals surface area contributed by atoms with Crippen molar-refractivity contribution in [3.8, 4) is 0 Å². The molecule has 0 aromatic heterocycles. The molecule has 2 aromatic rings. The van der Waals surface area contributed by atoms with E-state index in [2.05, 4.69) is 35.2 Å². The minimum absolute atomic E-state index is 0.252. The highest BCUT2D eigenvalue weighted by molar-refractivity contribution is 5.96. The number of Topliss-reactive ketones (excluding diaryl/α,β-unsaturated/α-hetero) is 1. The Hall–Kier alpha value is -1.93. The maximum absolute atomic E-state index is 12.2. The van der Waals surface area contributed by atoms with Crippen LogP contribution in [0.3, 0.4) is 0 Å². The molecule has 1 aliphatic heterocycles. The van der Waals surface area contributed by atoms with Crippen LogP contribution in [-0.4, -0.2) is 30.3 Å². The molecular weight excluding hydrogens is 270 g/mol. The maximum atomic E-state index is 12.2. The lowest BCUT2D eigenvalue weighted by Gasteiger charge is -2.32. The second-order valence-corrected chi connectivity index (χ2v) is 6.09. The van der Waals surface area contributed by atoms with E-state index in [1.54, 1.807) is 0 Å². The number of likely N-dealkylation sites (tertiary alicyclic amines) is 1. The molecule has 0 saturated carbocycles. The zero-order chi connectivity index (χ0) is 15.2. The smallest absolute Gasteiger partial charge is 0.164 e. The predicted molar refractivity (Wildman–Crippen MR) is 90.2 cm³/mol. The average molecular weight is 293 g/mol. The largest absolute Gasteiger partial charge is 0.302 e. The Morgan fingerprint density at radius 3 is 2.41 bits per heavy atom. The van der Waals surface area contributed by atoms with Gasteiger partial charge in [0.2, 0.25) is 0 Å². The number of hydrogen-bond acceptors (Lipinski definition) is 2. The highest BCUT2D eigenvalue weighted by Gasteiger charge is 2.21. The Bertz CT molecular complexity index is 594. The summed E-state index contributed by atoms with van der Waals surface area (Å²) in [7, 11) is 0. The van der Waals surface area contributed by atoms with Gasteiger partial charge in [0.05, 0.1) is 0 Å². The summed E-state index contributed by atoms with van der Waals surface area (Å²) in [6, 6.07) is 20.4. The molecule has 0 amide bonds. The van der Waals surface area contributed by atoms with Crippen molar-refractivity contribution >= 4 is 5.78 Å². The molecule has 0 aliphatic carbocycles. The fourth-order valence-corrected chi connectivity index (χ4v) is 3.28. The van der Waals surface area contributed by atoms with Crippen LogP contribution in [0.2, 0.25) is 0 Å². The van der Waals surface area contributed by atoms with Gasteiger partial charge in [0, 0.05) is 25.1 Å². The molecule has 0 spiro atoms. The van der Waals surface area contributed by atoms with Crippen molar-refractivity contribution < 1.29 is 4.79 Å². The standard InChI is InChI=1S/C20H23NO/c22-20(18-10-5-2-6-11-18)13-15-21-14-7-12-19(16-21)17-8-3-1-4-9-17/h1-6,8-11,19H,7,12-16H2. The van der Waals surface area contributed by atoms with Crippen LogP contribution in [-0.2, 0) is 0 Å². The third-order valence-corrected chi connectivity index (χ3v) is 4.53. The van der Waals surface area contributed by atoms with Crippen molar-refractivity contribution in [2.75, 3.05) is 19.6 Å². The summed E-state index contributed by atoms with van der Waals surface area (Å²) >= 11 is 0. The number of carbonyl (C=O) groups is 1. The zero-order valence-electron chi connectivity index (χ0n) is 12.9. The van der Waals surface area contributed by atoms with E-state index in [-0.39, 0.29) is 5.78 Å². The molecule has 1 saturated heterocycles. The van der Waals surface area contributed by atoms with Crippen molar-refractivity contribution in [3.05, 3.63) is 71.8 Å². The molecule has 3 rings (SSSR count). The molecule has 1 aliphatic rings. The van der Waals surface area contributed by atoms with Crippen LogP contribution < -0.4 is 0 Å². The lowest BCUT2D eigenvalue weighted by atomic mass is 9.90. The monoisotopic (exact) mass is 293 g/mol. The Morgan fingerprint density at radius 2 is 1.68 bits per heavy atom. The van der Waals surface area contributed by atoms with Crippen LogP contribution >= 0.6 is 0 Å². The van der Waals surface area contributed by atoms with Crippen molar-refractivity contribution in [1.82, 2.24) is 4.90 Å². The molecule has 2 nitrogen and oxygen atoms in total. The third kappa shape index (κ3) is 3.83. The summed E-state index contributed by atoms with van der Waals surface area (Å²) in [5.41, 5.74) is 2.26. The summed E-state index contributed by atoms with van der Waals surface area (Å²) in [5, 5.41) is 0.